The van der Waals surface area contributed by atoms with E-state index < -0.39 is 5.54 Å². The van der Waals surface area contributed by atoms with Gasteiger partial charge >= 0.3 is 0 Å². The van der Waals surface area contributed by atoms with Gasteiger partial charge in [0, 0.05) is 12.1 Å². The smallest absolute Gasteiger partial charge is 0.139 e. The molecule has 0 aromatic heterocycles. The number of nitrogens with two attached hydrogens (primary N) is 1. The van der Waals surface area contributed by atoms with Crippen LogP contribution in [0.3, 0.4) is 0 Å². The number of carbonyl (C=O) groups excluding carboxylic acids is 1. The first-order valence-corrected chi connectivity index (χ1v) is 11.4. The van der Waals surface area contributed by atoms with Gasteiger partial charge in [0.15, 0.2) is 0 Å². The second-order valence-electron chi connectivity index (χ2n) is 8.82. The number of nitrogens with zero attached hydrogens (tertiary/aromatic N) is 1. The highest BCUT2D eigenvalue weighted by Gasteiger charge is 2.40. The van der Waals surface area contributed by atoms with E-state index in [1.807, 2.05) is 48.5 Å². The van der Waals surface area contributed by atoms with E-state index in [0.717, 1.165) is 55.5 Å². The minimum absolute atomic E-state index is 0.306. The molecule has 166 valence electrons. The van der Waals surface area contributed by atoms with E-state index in [9.17, 15) is 4.79 Å². The zero-order valence-electron chi connectivity index (χ0n) is 18.5. The normalized spacial score (nSPS) is 21.6. The van der Waals surface area contributed by atoms with Crippen LogP contribution < -0.4 is 10.5 Å². The number of carbonyl (C=O) groups is 1. The van der Waals surface area contributed by atoms with Crippen LogP contribution in [0, 0.1) is 0 Å². The summed E-state index contributed by atoms with van der Waals surface area (Å²) >= 11 is 0. The van der Waals surface area contributed by atoms with E-state index in [1.54, 1.807) is 0 Å². The molecule has 32 heavy (non-hydrogen) atoms. The highest BCUT2D eigenvalue weighted by Crippen LogP contribution is 2.29. The molecule has 4 nitrogen and oxygen atoms in total. The molecule has 2 N–H and O–H groups in total. The van der Waals surface area contributed by atoms with Crippen molar-refractivity contribution >= 4 is 6.29 Å². The van der Waals surface area contributed by atoms with Gasteiger partial charge in [-0.05, 0) is 54.6 Å². The Morgan fingerprint density at radius 2 is 1.53 bits per heavy atom. The number of aldehydes is 1. The summed E-state index contributed by atoms with van der Waals surface area (Å²) in [5, 5.41) is 0. The van der Waals surface area contributed by atoms with Crippen molar-refractivity contribution in [3.05, 3.63) is 102 Å². The number of benzene rings is 3. The van der Waals surface area contributed by atoms with Gasteiger partial charge in [-0.2, -0.15) is 0 Å². The molecule has 2 unspecified atom stereocenters. The minimum atomic E-state index is -0.584. The molecule has 1 aliphatic heterocycles. The lowest BCUT2D eigenvalue weighted by atomic mass is 9.81. The fourth-order valence-corrected chi connectivity index (χ4v) is 4.65. The third-order valence-electron chi connectivity index (χ3n) is 6.38. The molecule has 1 aliphatic rings. The Kier molecular flexibility index (Phi) is 7.35. The molecular formula is C28H32N2O2. The summed E-state index contributed by atoms with van der Waals surface area (Å²) in [5.41, 5.74) is 9.86. The molecule has 2 atom stereocenters. The lowest BCUT2D eigenvalue weighted by Gasteiger charge is -2.39. The predicted octanol–water partition coefficient (Wildman–Crippen LogP) is 4.76. The summed E-state index contributed by atoms with van der Waals surface area (Å²) in [4.78, 5) is 14.5. The van der Waals surface area contributed by atoms with Crippen molar-refractivity contribution in [1.82, 2.24) is 4.90 Å². The van der Waals surface area contributed by atoms with Crippen molar-refractivity contribution < 1.29 is 9.53 Å². The summed E-state index contributed by atoms with van der Waals surface area (Å²) < 4.78 is 5.91. The van der Waals surface area contributed by atoms with Gasteiger partial charge in [0.1, 0.15) is 18.6 Å². The van der Waals surface area contributed by atoms with Gasteiger partial charge < -0.3 is 15.3 Å². The van der Waals surface area contributed by atoms with Crippen LogP contribution in [0.4, 0.5) is 0 Å². The molecule has 1 heterocycles. The average molecular weight is 429 g/mol. The molecule has 3 aromatic rings. The van der Waals surface area contributed by atoms with E-state index in [1.165, 1.54) is 5.56 Å². The standard InChI is InChI=1S/C28H32N2O2/c29-28(17-7-8-18-30(27(28)21-31)20-24-9-3-1-4-10-24)19-23-13-15-26(16-14-23)32-22-25-11-5-2-6-12-25/h1-6,9-16,21,27H,7-8,17-20,22,29H2. The minimum Gasteiger partial charge on any atom is -0.489 e. The quantitative estimate of drug-likeness (QED) is 0.526. The van der Waals surface area contributed by atoms with Crippen LogP contribution in [-0.4, -0.2) is 29.3 Å². The van der Waals surface area contributed by atoms with E-state index in [-0.39, 0.29) is 6.04 Å². The highest BCUT2D eigenvalue weighted by molar-refractivity contribution is 5.61. The average Bonchev–Trinajstić information content (AvgIpc) is 2.98. The molecule has 1 fully saturated rings. The molecule has 0 aliphatic carbocycles. The SMILES string of the molecule is NC1(Cc2ccc(OCc3ccccc3)cc2)CCCCN(Cc2ccccc2)C1C=O. The Balaban J connectivity index is 1.44. The third kappa shape index (κ3) is 5.64. The summed E-state index contributed by atoms with van der Waals surface area (Å²) in [6.45, 7) is 2.18. The Hall–Kier alpha value is -2.95. The summed E-state index contributed by atoms with van der Waals surface area (Å²) in [5.74, 6) is 0.835. The molecule has 0 spiro atoms. The first-order valence-electron chi connectivity index (χ1n) is 11.4. The van der Waals surface area contributed by atoms with Crippen LogP contribution >= 0.6 is 0 Å². The van der Waals surface area contributed by atoms with Gasteiger partial charge in [-0.15, -0.1) is 0 Å². The van der Waals surface area contributed by atoms with Crippen molar-refractivity contribution in [2.75, 3.05) is 6.54 Å². The summed E-state index contributed by atoms with van der Waals surface area (Å²) in [6, 6.07) is 28.3. The van der Waals surface area contributed by atoms with Gasteiger partial charge in [-0.25, -0.2) is 0 Å². The second kappa shape index (κ2) is 10.6. The summed E-state index contributed by atoms with van der Waals surface area (Å²) in [7, 11) is 0. The van der Waals surface area contributed by atoms with E-state index in [2.05, 4.69) is 41.3 Å². The van der Waals surface area contributed by atoms with Crippen LogP contribution in [0.25, 0.3) is 0 Å². The molecule has 4 rings (SSSR count). The zero-order chi connectivity index (χ0) is 22.2. The van der Waals surface area contributed by atoms with Crippen LogP contribution in [0.2, 0.25) is 0 Å². The highest BCUT2D eigenvalue weighted by atomic mass is 16.5. The molecule has 1 saturated heterocycles. The number of likely N-dealkylation sites (tertiary alicyclic amines) is 1. The monoisotopic (exact) mass is 428 g/mol. The Bertz CT molecular complexity index is 975. The predicted molar refractivity (Wildman–Crippen MR) is 128 cm³/mol. The molecular weight excluding hydrogens is 396 g/mol. The van der Waals surface area contributed by atoms with E-state index in [4.69, 9.17) is 10.5 Å². The number of ether oxygens (including phenoxy) is 1. The lowest BCUT2D eigenvalue weighted by molar-refractivity contribution is -0.114. The number of hydrogen-bond acceptors (Lipinski definition) is 4. The van der Waals surface area contributed by atoms with Gasteiger partial charge in [0.25, 0.3) is 0 Å². The van der Waals surface area contributed by atoms with Crippen LogP contribution in [-0.2, 0) is 24.4 Å². The van der Waals surface area contributed by atoms with Crippen molar-refractivity contribution in [2.24, 2.45) is 5.73 Å². The molecule has 0 radical (unpaired) electrons. The van der Waals surface area contributed by atoms with Gasteiger partial charge in [0.2, 0.25) is 0 Å². The Labute approximate surface area is 191 Å². The fourth-order valence-electron chi connectivity index (χ4n) is 4.65. The third-order valence-corrected chi connectivity index (χ3v) is 6.38. The summed E-state index contributed by atoms with van der Waals surface area (Å²) in [6.07, 6.45) is 4.66. The topological polar surface area (TPSA) is 55.6 Å². The first-order chi connectivity index (χ1) is 15.7. The molecule has 4 heteroatoms. The van der Waals surface area contributed by atoms with E-state index in [0.29, 0.717) is 13.0 Å². The Morgan fingerprint density at radius 1 is 0.875 bits per heavy atom. The fraction of sp³-hybridized carbons (Fsp3) is 0.321. The Morgan fingerprint density at radius 3 is 2.19 bits per heavy atom. The largest absolute Gasteiger partial charge is 0.489 e. The first kappa shape index (κ1) is 22.3. The second-order valence-corrected chi connectivity index (χ2v) is 8.82. The van der Waals surface area contributed by atoms with Crippen LogP contribution in [0.5, 0.6) is 5.75 Å². The lowest BCUT2D eigenvalue weighted by Crippen LogP contribution is -2.59. The molecule has 0 saturated carbocycles. The van der Waals surface area contributed by atoms with Crippen molar-refractivity contribution in [3.63, 3.8) is 0 Å². The van der Waals surface area contributed by atoms with Crippen LogP contribution in [0.1, 0.15) is 36.0 Å². The van der Waals surface area contributed by atoms with Crippen molar-refractivity contribution in [2.45, 2.75) is 50.4 Å². The maximum Gasteiger partial charge on any atom is 0.139 e. The van der Waals surface area contributed by atoms with E-state index >= 15 is 0 Å². The van der Waals surface area contributed by atoms with Crippen molar-refractivity contribution in [3.8, 4) is 5.75 Å². The molecule has 0 bridgehead atoms. The van der Waals surface area contributed by atoms with Gasteiger partial charge in [-0.1, -0.05) is 79.2 Å². The maximum absolute atomic E-state index is 12.3. The number of rotatable bonds is 8. The molecule has 0 amide bonds. The zero-order valence-corrected chi connectivity index (χ0v) is 18.5. The maximum atomic E-state index is 12.3. The molecule has 3 aromatic carbocycles. The van der Waals surface area contributed by atoms with Crippen LogP contribution in [0.15, 0.2) is 84.9 Å². The van der Waals surface area contributed by atoms with Gasteiger partial charge in [-0.3, -0.25) is 4.90 Å². The number of hydrogen-bond donors (Lipinski definition) is 1. The van der Waals surface area contributed by atoms with Gasteiger partial charge in [0.05, 0.1) is 6.04 Å². The van der Waals surface area contributed by atoms with Crippen molar-refractivity contribution in [1.29, 1.82) is 0 Å².